The van der Waals surface area contributed by atoms with E-state index in [0.717, 1.165) is 36.4 Å². The van der Waals surface area contributed by atoms with Crippen LogP contribution in [0, 0.1) is 11.3 Å². The average molecular weight is 404 g/mol. The number of hydrogen-bond acceptors (Lipinski definition) is 4. The average Bonchev–Trinajstić information content (AvgIpc) is 3.12. The van der Waals surface area contributed by atoms with Gasteiger partial charge in [-0.2, -0.15) is 0 Å². The minimum absolute atomic E-state index is 0.0180. The zero-order chi connectivity index (χ0) is 21.8. The lowest BCUT2D eigenvalue weighted by Gasteiger charge is -2.32. The number of amides is 2. The van der Waals surface area contributed by atoms with E-state index in [4.69, 9.17) is 4.74 Å². The number of carbonyl (C=O) groups excluding carboxylic acids is 2. The third kappa shape index (κ3) is 6.46. The van der Waals surface area contributed by atoms with E-state index in [-0.39, 0.29) is 23.8 Å². The summed E-state index contributed by atoms with van der Waals surface area (Å²) in [5.74, 6) is -0.00434. The van der Waals surface area contributed by atoms with Gasteiger partial charge in [0, 0.05) is 56.5 Å². The van der Waals surface area contributed by atoms with Gasteiger partial charge in [0.25, 0.3) is 0 Å². The molecule has 0 spiro atoms. The number of ether oxygens (including phenoxy) is 1. The molecule has 1 saturated heterocycles. The van der Waals surface area contributed by atoms with Crippen molar-refractivity contribution >= 4 is 23.2 Å². The van der Waals surface area contributed by atoms with Gasteiger partial charge in [-0.25, -0.2) is 0 Å². The quantitative estimate of drug-likeness (QED) is 0.750. The number of nitrogens with one attached hydrogen (secondary N) is 1. The lowest BCUT2D eigenvalue weighted by atomic mass is 9.94. The highest BCUT2D eigenvalue weighted by molar-refractivity contribution is 5.92. The second kappa shape index (κ2) is 9.61. The van der Waals surface area contributed by atoms with Gasteiger partial charge in [-0.05, 0) is 36.6 Å². The van der Waals surface area contributed by atoms with Crippen LogP contribution in [0.3, 0.4) is 0 Å². The molecule has 0 unspecified atom stereocenters. The van der Waals surface area contributed by atoms with Gasteiger partial charge in [0.1, 0.15) is 0 Å². The summed E-state index contributed by atoms with van der Waals surface area (Å²) in [4.78, 5) is 29.3. The van der Waals surface area contributed by atoms with Crippen molar-refractivity contribution in [2.24, 2.45) is 11.3 Å². The fourth-order valence-corrected chi connectivity index (χ4v) is 3.45. The van der Waals surface area contributed by atoms with Crippen molar-refractivity contribution in [3.63, 3.8) is 0 Å². The van der Waals surface area contributed by atoms with Gasteiger partial charge in [0.05, 0.1) is 6.10 Å². The third-order valence-corrected chi connectivity index (χ3v) is 5.09. The number of anilines is 2. The first-order chi connectivity index (χ1) is 13.5. The summed E-state index contributed by atoms with van der Waals surface area (Å²) in [6.45, 7) is 11.4. The lowest BCUT2D eigenvalue weighted by Crippen LogP contribution is -2.43. The number of nitrogens with zero attached hydrogens (tertiary/aromatic N) is 2. The predicted octanol–water partition coefficient (Wildman–Crippen LogP) is 3.90. The van der Waals surface area contributed by atoms with Gasteiger partial charge in [0.15, 0.2) is 0 Å². The van der Waals surface area contributed by atoms with Gasteiger partial charge in [-0.3, -0.25) is 9.59 Å². The van der Waals surface area contributed by atoms with Crippen LogP contribution in [0.4, 0.5) is 11.4 Å². The van der Waals surface area contributed by atoms with E-state index in [9.17, 15) is 9.59 Å². The third-order valence-electron chi connectivity index (χ3n) is 5.09. The molecular weight excluding hydrogens is 366 g/mol. The predicted molar refractivity (Wildman–Crippen MR) is 118 cm³/mol. The molecule has 1 atom stereocenters. The minimum atomic E-state index is -0.472. The summed E-state index contributed by atoms with van der Waals surface area (Å²) in [5, 5.41) is 2.97. The van der Waals surface area contributed by atoms with Crippen LogP contribution in [0.5, 0.6) is 0 Å². The van der Waals surface area contributed by atoms with Crippen molar-refractivity contribution in [2.75, 3.05) is 37.5 Å². The SMILES string of the molecule is CC(C)C(=O)Nc1ccc(N(C)C)c(CN(C[C@H]2CCCO2)C(=O)C(C)(C)C)c1. The van der Waals surface area contributed by atoms with Gasteiger partial charge in [-0.15, -0.1) is 0 Å². The molecule has 0 aromatic heterocycles. The molecule has 1 N–H and O–H groups in total. The van der Waals surface area contributed by atoms with Gasteiger partial charge < -0.3 is 19.9 Å². The van der Waals surface area contributed by atoms with Gasteiger partial charge in [0.2, 0.25) is 11.8 Å². The first-order valence-corrected chi connectivity index (χ1v) is 10.5. The molecular formula is C23H37N3O3. The first-order valence-electron chi connectivity index (χ1n) is 10.5. The van der Waals surface area contributed by atoms with E-state index >= 15 is 0 Å². The molecule has 1 aromatic carbocycles. The highest BCUT2D eigenvalue weighted by atomic mass is 16.5. The Morgan fingerprint density at radius 3 is 2.45 bits per heavy atom. The van der Waals surface area contributed by atoms with E-state index in [2.05, 4.69) is 5.32 Å². The summed E-state index contributed by atoms with van der Waals surface area (Å²) in [5.41, 5.74) is 2.32. The fourth-order valence-electron chi connectivity index (χ4n) is 3.45. The van der Waals surface area contributed by atoms with Gasteiger partial charge in [-0.1, -0.05) is 34.6 Å². The van der Waals surface area contributed by atoms with E-state index < -0.39 is 5.41 Å². The number of hydrogen-bond donors (Lipinski definition) is 1. The van der Waals surface area contributed by atoms with Crippen LogP contribution in [0.25, 0.3) is 0 Å². The fraction of sp³-hybridized carbons (Fsp3) is 0.652. The number of carbonyl (C=O) groups is 2. The molecule has 1 aromatic rings. The summed E-state index contributed by atoms with van der Waals surface area (Å²) < 4.78 is 5.80. The van der Waals surface area contributed by atoms with Crippen molar-refractivity contribution in [1.29, 1.82) is 0 Å². The Kier molecular flexibility index (Phi) is 7.69. The second-order valence-electron chi connectivity index (χ2n) is 9.45. The summed E-state index contributed by atoms with van der Waals surface area (Å²) in [6, 6.07) is 5.89. The van der Waals surface area contributed by atoms with Crippen LogP contribution < -0.4 is 10.2 Å². The Bertz CT molecular complexity index is 717. The van der Waals surface area contributed by atoms with Crippen LogP contribution in [0.15, 0.2) is 18.2 Å². The summed E-state index contributed by atoms with van der Waals surface area (Å²) >= 11 is 0. The summed E-state index contributed by atoms with van der Waals surface area (Å²) in [6.07, 6.45) is 2.12. The molecule has 1 heterocycles. The van der Waals surface area contributed by atoms with Crippen molar-refractivity contribution in [3.8, 4) is 0 Å². The van der Waals surface area contributed by atoms with Crippen LogP contribution in [-0.2, 0) is 20.9 Å². The topological polar surface area (TPSA) is 61.9 Å². The minimum Gasteiger partial charge on any atom is -0.377 e. The summed E-state index contributed by atoms with van der Waals surface area (Å²) in [7, 11) is 3.97. The molecule has 0 bridgehead atoms. The molecule has 2 amide bonds. The van der Waals surface area contributed by atoms with Crippen molar-refractivity contribution in [1.82, 2.24) is 4.90 Å². The first kappa shape index (κ1) is 23.2. The zero-order valence-electron chi connectivity index (χ0n) is 19.0. The molecule has 6 heteroatoms. The molecule has 2 rings (SSSR count). The maximum absolute atomic E-state index is 13.2. The molecule has 0 saturated carbocycles. The van der Waals surface area contributed by atoms with Crippen LogP contribution in [-0.4, -0.2) is 50.1 Å². The van der Waals surface area contributed by atoms with Crippen molar-refractivity contribution in [3.05, 3.63) is 23.8 Å². The van der Waals surface area contributed by atoms with E-state index in [1.165, 1.54) is 0 Å². The molecule has 0 radical (unpaired) electrons. The Balaban J connectivity index is 2.33. The van der Waals surface area contributed by atoms with E-state index in [1.54, 1.807) is 0 Å². The van der Waals surface area contributed by atoms with Crippen LogP contribution >= 0.6 is 0 Å². The van der Waals surface area contributed by atoms with Crippen LogP contribution in [0.2, 0.25) is 0 Å². The highest BCUT2D eigenvalue weighted by Crippen LogP contribution is 2.28. The Morgan fingerprint density at radius 1 is 1.24 bits per heavy atom. The van der Waals surface area contributed by atoms with Crippen molar-refractivity contribution in [2.45, 2.75) is 60.1 Å². The molecule has 1 fully saturated rings. The molecule has 1 aliphatic rings. The Morgan fingerprint density at radius 2 is 1.93 bits per heavy atom. The number of rotatable bonds is 7. The van der Waals surface area contributed by atoms with E-state index in [1.807, 2.05) is 76.7 Å². The smallest absolute Gasteiger partial charge is 0.228 e. The standard InChI is InChI=1S/C23H37N3O3/c1-16(2)21(27)24-18-10-11-20(25(6)7)17(13-18)14-26(22(28)23(3,4)5)15-19-9-8-12-29-19/h10-11,13,16,19H,8-9,12,14-15H2,1-7H3,(H,24,27)/t19-/m1/s1. The molecule has 29 heavy (non-hydrogen) atoms. The second-order valence-corrected chi connectivity index (χ2v) is 9.45. The monoisotopic (exact) mass is 403 g/mol. The maximum atomic E-state index is 13.2. The Labute approximate surface area is 175 Å². The normalized spacial score (nSPS) is 16.8. The maximum Gasteiger partial charge on any atom is 0.228 e. The molecule has 6 nitrogen and oxygen atoms in total. The molecule has 1 aliphatic heterocycles. The van der Waals surface area contributed by atoms with Gasteiger partial charge >= 0.3 is 0 Å². The largest absolute Gasteiger partial charge is 0.377 e. The highest BCUT2D eigenvalue weighted by Gasteiger charge is 2.31. The zero-order valence-corrected chi connectivity index (χ0v) is 19.0. The van der Waals surface area contributed by atoms with Crippen molar-refractivity contribution < 1.29 is 14.3 Å². The van der Waals surface area contributed by atoms with Crippen LogP contribution in [0.1, 0.15) is 53.0 Å². The lowest BCUT2D eigenvalue weighted by molar-refractivity contribution is -0.141. The number of benzene rings is 1. The van der Waals surface area contributed by atoms with E-state index in [0.29, 0.717) is 13.1 Å². The molecule has 0 aliphatic carbocycles. The molecule has 162 valence electrons. The Hall–Kier alpha value is -2.08.